The van der Waals surface area contributed by atoms with Gasteiger partial charge in [-0.15, -0.1) is 0 Å². The van der Waals surface area contributed by atoms with E-state index in [0.29, 0.717) is 6.42 Å². The van der Waals surface area contributed by atoms with Gasteiger partial charge in [-0.25, -0.2) is 0 Å². The number of allylic oxidation sites excluding steroid dienone is 1. The van der Waals surface area contributed by atoms with Crippen LogP contribution in [0.4, 0.5) is 0 Å². The van der Waals surface area contributed by atoms with Crippen molar-refractivity contribution in [3.05, 3.63) is 12.2 Å². The molecule has 2 heterocycles. The Hall–Kier alpha value is -1.40. The number of ether oxygens (including phenoxy) is 3. The Morgan fingerprint density at radius 3 is 2.00 bits per heavy atom. The van der Waals surface area contributed by atoms with E-state index in [2.05, 4.69) is 6.58 Å². The van der Waals surface area contributed by atoms with E-state index >= 15 is 0 Å². The SMILES string of the molecule is C=C1C[C@H](C)[C@H](O)[C@@H](C)[C@H](O[C@H]2O[C@H](C)[C@@H](O)[C@H](O)[C@@H]2O)[C@@H](C)C(=O)O[C@H](CC)[C@H](C)[C@H](O)[C@@H](C)C1=O. The third-order valence-electron chi connectivity index (χ3n) is 8.24. The standard InChI is InChI=1S/C27H46O10/c1-9-18-13(4)21(30)14(5)19(28)11(2)10-12(3)20(29)15(6)25(16(7)26(34)36-18)37-27-24(33)23(32)22(31)17(8)35-27/h12-18,20-25,27,29-33H,2,9-10H2,1,3-8H3/t12-,13-,14-,15+,16+,17+,18+,20-,21-,22+,23-,24-,25-,27+/m0/s1. The Bertz CT molecular complexity index is 802. The summed E-state index contributed by atoms with van der Waals surface area (Å²) in [6.07, 6.45) is -9.97. The normalized spacial score (nSPS) is 47.3. The summed E-state index contributed by atoms with van der Waals surface area (Å²) in [7, 11) is 0. The molecule has 0 saturated carbocycles. The monoisotopic (exact) mass is 530 g/mol. The molecule has 0 aromatic rings. The highest BCUT2D eigenvalue weighted by Gasteiger charge is 2.47. The van der Waals surface area contributed by atoms with Gasteiger partial charge >= 0.3 is 5.97 Å². The number of esters is 1. The molecule has 37 heavy (non-hydrogen) atoms. The number of carbonyl (C=O) groups is 2. The second-order valence-electron chi connectivity index (χ2n) is 11.1. The quantitative estimate of drug-likeness (QED) is 0.262. The highest BCUT2D eigenvalue weighted by molar-refractivity contribution is 5.96. The van der Waals surface area contributed by atoms with E-state index in [1.807, 2.05) is 6.92 Å². The molecule has 5 N–H and O–H groups in total. The van der Waals surface area contributed by atoms with Gasteiger partial charge in [0.15, 0.2) is 12.1 Å². The molecular formula is C27H46O10. The van der Waals surface area contributed by atoms with Gasteiger partial charge in [0.2, 0.25) is 0 Å². The predicted molar refractivity (Wildman–Crippen MR) is 134 cm³/mol. The second kappa shape index (κ2) is 13.1. The lowest BCUT2D eigenvalue weighted by Gasteiger charge is -2.43. The van der Waals surface area contributed by atoms with E-state index in [1.54, 1.807) is 34.6 Å². The van der Waals surface area contributed by atoms with Crippen LogP contribution in [-0.2, 0) is 23.8 Å². The zero-order valence-electron chi connectivity index (χ0n) is 23.0. The fraction of sp³-hybridized carbons (Fsp3) is 0.852. The molecule has 0 spiro atoms. The highest BCUT2D eigenvalue weighted by Crippen LogP contribution is 2.34. The molecule has 0 bridgehead atoms. The van der Waals surface area contributed by atoms with Crippen molar-refractivity contribution in [1.82, 2.24) is 0 Å². The van der Waals surface area contributed by atoms with Gasteiger partial charge in [0.1, 0.15) is 24.4 Å². The summed E-state index contributed by atoms with van der Waals surface area (Å²) in [6, 6.07) is 0. The van der Waals surface area contributed by atoms with Crippen molar-refractivity contribution in [2.75, 3.05) is 0 Å². The van der Waals surface area contributed by atoms with Gasteiger partial charge in [-0.3, -0.25) is 9.59 Å². The number of aliphatic hydroxyl groups is 5. The lowest BCUT2D eigenvalue weighted by atomic mass is 9.78. The minimum atomic E-state index is -1.60. The number of carbonyl (C=O) groups excluding carboxylic acids is 2. The molecule has 214 valence electrons. The van der Waals surface area contributed by atoms with E-state index in [1.165, 1.54) is 6.92 Å². The van der Waals surface area contributed by atoms with Crippen LogP contribution in [0.25, 0.3) is 0 Å². The zero-order valence-corrected chi connectivity index (χ0v) is 23.0. The molecule has 10 heteroatoms. The van der Waals surface area contributed by atoms with E-state index < -0.39 is 90.7 Å². The van der Waals surface area contributed by atoms with Crippen molar-refractivity contribution in [2.24, 2.45) is 29.6 Å². The molecule has 0 aromatic heterocycles. The Balaban J connectivity index is 2.45. The number of Topliss-reactive ketones (excluding diaryl/α,β-unsaturated/α-hetero) is 1. The Kier molecular flexibility index (Phi) is 11.3. The van der Waals surface area contributed by atoms with Crippen molar-refractivity contribution in [1.29, 1.82) is 0 Å². The summed E-state index contributed by atoms with van der Waals surface area (Å²) in [5.41, 5.74) is 0.280. The van der Waals surface area contributed by atoms with Crippen LogP contribution in [0.5, 0.6) is 0 Å². The first-order valence-electron chi connectivity index (χ1n) is 13.3. The third-order valence-corrected chi connectivity index (χ3v) is 8.24. The van der Waals surface area contributed by atoms with Gasteiger partial charge in [-0.05, 0) is 38.2 Å². The molecule has 10 nitrogen and oxygen atoms in total. The van der Waals surface area contributed by atoms with E-state index in [0.717, 1.165) is 0 Å². The van der Waals surface area contributed by atoms with Crippen molar-refractivity contribution in [3.8, 4) is 0 Å². The Labute approximate surface area is 219 Å². The number of hydrogen-bond acceptors (Lipinski definition) is 10. The number of hydrogen-bond donors (Lipinski definition) is 5. The molecule has 14 atom stereocenters. The summed E-state index contributed by atoms with van der Waals surface area (Å²) in [6.45, 7) is 15.6. The maximum absolute atomic E-state index is 13.3. The molecule has 0 aromatic carbocycles. The van der Waals surface area contributed by atoms with Crippen LogP contribution in [0, 0.1) is 29.6 Å². The first-order valence-corrected chi connectivity index (χ1v) is 13.3. The van der Waals surface area contributed by atoms with Gasteiger partial charge < -0.3 is 39.7 Å². The molecule has 0 radical (unpaired) electrons. The van der Waals surface area contributed by atoms with Gasteiger partial charge in [-0.2, -0.15) is 0 Å². The van der Waals surface area contributed by atoms with Crippen LogP contribution < -0.4 is 0 Å². The molecule has 0 amide bonds. The third kappa shape index (κ3) is 6.98. The molecule has 2 fully saturated rings. The minimum Gasteiger partial charge on any atom is -0.462 e. The summed E-state index contributed by atoms with van der Waals surface area (Å²) < 4.78 is 17.4. The molecular weight excluding hydrogens is 484 g/mol. The number of ketones is 1. The van der Waals surface area contributed by atoms with Crippen LogP contribution in [-0.4, -0.2) is 92.4 Å². The summed E-state index contributed by atoms with van der Waals surface area (Å²) in [5.74, 6) is -4.35. The zero-order chi connectivity index (χ0) is 28.4. The average Bonchev–Trinajstić information content (AvgIpc) is 2.87. The Morgan fingerprint density at radius 1 is 0.838 bits per heavy atom. The van der Waals surface area contributed by atoms with Crippen LogP contribution in [0.1, 0.15) is 61.3 Å². The summed E-state index contributed by atoms with van der Waals surface area (Å²) >= 11 is 0. The Morgan fingerprint density at radius 2 is 1.43 bits per heavy atom. The highest BCUT2D eigenvalue weighted by atomic mass is 16.7. The minimum absolute atomic E-state index is 0.170. The smallest absolute Gasteiger partial charge is 0.311 e. The topological polar surface area (TPSA) is 163 Å². The lowest BCUT2D eigenvalue weighted by Crippen LogP contribution is -2.59. The van der Waals surface area contributed by atoms with E-state index in [4.69, 9.17) is 14.2 Å². The fourth-order valence-electron chi connectivity index (χ4n) is 5.41. The first-order chi connectivity index (χ1) is 17.1. The molecule has 2 aliphatic heterocycles. The van der Waals surface area contributed by atoms with E-state index in [9.17, 15) is 35.1 Å². The first kappa shape index (κ1) is 31.8. The van der Waals surface area contributed by atoms with Crippen LogP contribution >= 0.6 is 0 Å². The van der Waals surface area contributed by atoms with Crippen molar-refractivity contribution in [2.45, 2.75) is 116 Å². The number of rotatable bonds is 3. The molecule has 2 aliphatic rings. The lowest BCUT2D eigenvalue weighted by molar-refractivity contribution is -0.313. The number of aliphatic hydroxyl groups excluding tert-OH is 5. The molecule has 0 aliphatic carbocycles. The van der Waals surface area contributed by atoms with Gasteiger partial charge in [0.25, 0.3) is 0 Å². The fourth-order valence-corrected chi connectivity index (χ4v) is 5.41. The maximum atomic E-state index is 13.3. The summed E-state index contributed by atoms with van der Waals surface area (Å²) in [4.78, 5) is 26.3. The molecule has 2 saturated heterocycles. The summed E-state index contributed by atoms with van der Waals surface area (Å²) in [5, 5.41) is 52.9. The molecule has 0 unspecified atom stereocenters. The van der Waals surface area contributed by atoms with Crippen molar-refractivity contribution in [3.63, 3.8) is 0 Å². The maximum Gasteiger partial charge on any atom is 0.311 e. The van der Waals surface area contributed by atoms with Crippen molar-refractivity contribution < 1.29 is 49.3 Å². The van der Waals surface area contributed by atoms with Crippen LogP contribution in [0.15, 0.2) is 12.2 Å². The van der Waals surface area contributed by atoms with Crippen LogP contribution in [0.2, 0.25) is 0 Å². The largest absolute Gasteiger partial charge is 0.462 e. The predicted octanol–water partition coefficient (Wildman–Crippen LogP) is 0.952. The van der Waals surface area contributed by atoms with E-state index in [-0.39, 0.29) is 17.8 Å². The van der Waals surface area contributed by atoms with Gasteiger partial charge in [0, 0.05) is 17.8 Å². The number of cyclic esters (lactones) is 1. The second-order valence-corrected chi connectivity index (χ2v) is 11.1. The molecule has 2 rings (SSSR count). The van der Waals surface area contributed by atoms with Gasteiger partial charge in [0.05, 0.1) is 30.3 Å². The van der Waals surface area contributed by atoms with Gasteiger partial charge in [-0.1, -0.05) is 41.2 Å². The van der Waals surface area contributed by atoms with Crippen LogP contribution in [0.3, 0.4) is 0 Å². The van der Waals surface area contributed by atoms with Crippen molar-refractivity contribution >= 4 is 11.8 Å². The average molecular weight is 531 g/mol.